The predicted octanol–water partition coefficient (Wildman–Crippen LogP) is 3.20. The maximum Gasteiger partial charge on any atom is 0.367 e. The van der Waals surface area contributed by atoms with Gasteiger partial charge in [0.2, 0.25) is 0 Å². The van der Waals surface area contributed by atoms with E-state index in [0.29, 0.717) is 17.0 Å². The second kappa shape index (κ2) is 13.6. The van der Waals surface area contributed by atoms with Gasteiger partial charge < -0.3 is 39.4 Å². The molecule has 3 fully saturated rings. The normalized spacial score (nSPS) is 35.3. The number of aryl methyl sites for hydroxylation is 1. The van der Waals surface area contributed by atoms with Gasteiger partial charge in [0.1, 0.15) is 42.7 Å². The summed E-state index contributed by atoms with van der Waals surface area (Å²) in [5, 5.41) is 52.8. The first-order valence-electron chi connectivity index (χ1n) is 18.2. The summed E-state index contributed by atoms with van der Waals surface area (Å²) in [4.78, 5) is 43.0. The van der Waals surface area contributed by atoms with Crippen molar-refractivity contribution in [1.82, 2.24) is 0 Å². The number of thiophene rings is 1. The summed E-state index contributed by atoms with van der Waals surface area (Å²) in [6.07, 6.45) is -6.78. The summed E-state index contributed by atoms with van der Waals surface area (Å²) in [7, 11) is 1.77. The highest BCUT2D eigenvalue weighted by Crippen LogP contribution is 2.63. The fraction of sp³-hybridized carbons (Fsp3) is 0.512. The molecule has 4 N–H and O–H groups in total. The van der Waals surface area contributed by atoms with Gasteiger partial charge in [0.25, 0.3) is 0 Å². The lowest BCUT2D eigenvalue weighted by Gasteiger charge is -2.67. The van der Waals surface area contributed by atoms with Crippen LogP contribution in [0.4, 0.5) is 0 Å². The molecule has 0 spiro atoms. The van der Waals surface area contributed by atoms with Crippen LogP contribution in [-0.4, -0.2) is 92.6 Å². The minimum Gasteiger partial charge on any atom is -0.456 e. The largest absolute Gasteiger partial charge is 0.456 e. The van der Waals surface area contributed by atoms with Crippen LogP contribution in [0, 0.1) is 16.7 Å². The Kier molecular flexibility index (Phi) is 9.68. The molecule has 4 aliphatic rings. The summed E-state index contributed by atoms with van der Waals surface area (Å²) in [5.41, 5.74) is -5.96. The number of Topliss-reactive ketones (excluding diaryl/α,β-unsaturated/α-hetero) is 1. The average molecular weight is 763 g/mol. The zero-order valence-corrected chi connectivity index (χ0v) is 32.0. The van der Waals surface area contributed by atoms with Crippen molar-refractivity contribution in [3.63, 3.8) is 0 Å². The molecule has 2 bridgehead atoms. The highest BCUT2D eigenvalue weighted by molar-refractivity contribution is 7.08. The van der Waals surface area contributed by atoms with E-state index in [1.165, 1.54) is 11.3 Å². The number of benzene rings is 1. The molecule has 0 radical (unpaired) electrons. The quantitative estimate of drug-likeness (QED) is 0.151. The molecule has 7 rings (SSSR count). The third kappa shape index (κ3) is 5.74. The Morgan fingerprint density at radius 2 is 1.74 bits per heavy atom. The summed E-state index contributed by atoms with van der Waals surface area (Å²) >= 11 is 1.27. The van der Waals surface area contributed by atoms with Crippen LogP contribution in [0.5, 0.6) is 5.88 Å². The molecule has 3 aliphatic carbocycles. The molecule has 2 aromatic heterocycles. The van der Waals surface area contributed by atoms with E-state index in [1.807, 2.05) is 12.1 Å². The zero-order valence-electron chi connectivity index (χ0n) is 31.2. The van der Waals surface area contributed by atoms with E-state index in [0.717, 1.165) is 0 Å². The van der Waals surface area contributed by atoms with E-state index in [-0.39, 0.29) is 30.6 Å². The maximum atomic E-state index is 15.2. The first-order valence-corrected chi connectivity index (χ1v) is 19.2. The van der Waals surface area contributed by atoms with Crippen molar-refractivity contribution in [2.75, 3.05) is 6.61 Å². The smallest absolute Gasteiger partial charge is 0.367 e. The van der Waals surface area contributed by atoms with Gasteiger partial charge in [0.05, 0.1) is 29.8 Å². The number of ketones is 1. The molecular weight excluding hydrogens is 715 g/mol. The second-order valence-corrected chi connectivity index (χ2v) is 16.8. The van der Waals surface area contributed by atoms with Gasteiger partial charge in [-0.05, 0) is 48.1 Å². The predicted molar refractivity (Wildman–Crippen MR) is 194 cm³/mol. The highest BCUT2D eigenvalue weighted by atomic mass is 32.1. The summed E-state index contributed by atoms with van der Waals surface area (Å²) in [6.45, 7) is 7.93. The van der Waals surface area contributed by atoms with Gasteiger partial charge in [-0.2, -0.15) is 15.9 Å². The lowest BCUT2D eigenvalue weighted by molar-refractivity contribution is -0.678. The third-order valence-corrected chi connectivity index (χ3v) is 13.6. The number of fused-ring (bicyclic) bond motifs is 5. The SMILES string of the molecule is CC1=C2C(O)C(=O)[C@]3(C)C(Oc4cccc[n+]4C)CC4OC[C@@]4(O)C3C(OC(=O)c3ccsc3)C(O)(CC1OC(=O)C(O)[C@@H](C)c1ccccc1)C2(C)C. The van der Waals surface area contributed by atoms with Crippen LogP contribution >= 0.6 is 11.3 Å². The number of aromatic nitrogens is 1. The van der Waals surface area contributed by atoms with Crippen molar-refractivity contribution >= 4 is 29.1 Å². The number of pyridine rings is 1. The van der Waals surface area contributed by atoms with Gasteiger partial charge >= 0.3 is 17.8 Å². The summed E-state index contributed by atoms with van der Waals surface area (Å²) < 4.78 is 26.6. The molecule has 54 heavy (non-hydrogen) atoms. The molecule has 13 heteroatoms. The Morgan fingerprint density at radius 3 is 2.37 bits per heavy atom. The molecular formula is C41H48NO11S+. The van der Waals surface area contributed by atoms with Gasteiger partial charge in [0.15, 0.2) is 18.1 Å². The lowest BCUT2D eigenvalue weighted by Crippen LogP contribution is -2.81. The Hall–Kier alpha value is -3.98. The van der Waals surface area contributed by atoms with Gasteiger partial charge in [-0.25, -0.2) is 9.59 Å². The van der Waals surface area contributed by atoms with Gasteiger partial charge in [-0.3, -0.25) is 4.79 Å². The number of esters is 2. The topological polar surface area (TPSA) is 173 Å². The van der Waals surface area contributed by atoms with E-state index < -0.39 is 88.2 Å². The van der Waals surface area contributed by atoms with Crippen molar-refractivity contribution < 1.29 is 58.3 Å². The fourth-order valence-corrected chi connectivity index (χ4v) is 10.1. The van der Waals surface area contributed by atoms with Crippen molar-refractivity contribution in [2.45, 2.75) is 101 Å². The Balaban J connectivity index is 1.39. The lowest BCUT2D eigenvalue weighted by atomic mass is 9.44. The standard InChI is InChI=1S/C41H48NO11S/c1-22(24-12-8-7-9-13-24)31(43)37(47)51-26-19-41(49)35(53-36(46)25-15-17-54-20-25)33-39(5,34(45)32(44)30(23(26)2)38(41,3)4)27(18-28-40(33,48)21-50-28)52-29-14-10-11-16-42(29)6/h7-17,20,22,26-28,31-33,35,43-44,48-49H,18-19,21H2,1-6H3/q+1/t22-,26?,27?,28?,31?,32?,33?,35?,39+,40-,41?/m0/s1. The number of nitrogens with zero attached hydrogens (tertiary/aromatic N) is 1. The molecule has 1 aromatic carbocycles. The first-order chi connectivity index (χ1) is 25.5. The molecule has 2 saturated carbocycles. The number of carbonyl (C=O) groups is 3. The van der Waals surface area contributed by atoms with Gasteiger partial charge in [-0.1, -0.05) is 51.1 Å². The van der Waals surface area contributed by atoms with Crippen molar-refractivity contribution in [1.29, 1.82) is 0 Å². The third-order valence-electron chi connectivity index (χ3n) is 12.9. The molecule has 12 nitrogen and oxygen atoms in total. The van der Waals surface area contributed by atoms with Crippen LogP contribution in [0.1, 0.15) is 69.3 Å². The number of carbonyl (C=O) groups excluding carboxylic acids is 3. The van der Waals surface area contributed by atoms with E-state index in [9.17, 15) is 30.0 Å². The van der Waals surface area contributed by atoms with Crippen molar-refractivity contribution in [3.05, 3.63) is 93.8 Å². The van der Waals surface area contributed by atoms with Crippen LogP contribution in [0.25, 0.3) is 0 Å². The number of ether oxygens (including phenoxy) is 4. The Labute approximate surface area is 318 Å². The minimum absolute atomic E-state index is 0.0552. The molecule has 1 aliphatic heterocycles. The summed E-state index contributed by atoms with van der Waals surface area (Å²) in [5.74, 6) is -4.13. The minimum atomic E-state index is -2.18. The molecule has 11 atom stereocenters. The van der Waals surface area contributed by atoms with Crippen molar-refractivity contribution in [3.8, 4) is 5.88 Å². The molecule has 0 amide bonds. The Bertz CT molecular complexity index is 1970. The van der Waals surface area contributed by atoms with Gasteiger partial charge in [0, 0.05) is 41.5 Å². The first kappa shape index (κ1) is 38.3. The molecule has 288 valence electrons. The molecule has 3 heterocycles. The molecule has 3 aromatic rings. The van der Waals surface area contributed by atoms with Crippen LogP contribution in [-0.2, 0) is 30.8 Å². The number of aliphatic hydroxyl groups is 4. The zero-order chi connectivity index (χ0) is 39.0. The van der Waals surface area contributed by atoms with Gasteiger partial charge in [-0.15, -0.1) is 0 Å². The number of hydrogen-bond donors (Lipinski definition) is 4. The highest BCUT2D eigenvalue weighted by Gasteiger charge is 2.77. The maximum absolute atomic E-state index is 15.2. The van der Waals surface area contributed by atoms with E-state index in [2.05, 4.69) is 0 Å². The molecule has 8 unspecified atom stereocenters. The number of aliphatic hydroxyl groups excluding tert-OH is 2. The summed E-state index contributed by atoms with van der Waals surface area (Å²) in [6, 6.07) is 15.9. The van der Waals surface area contributed by atoms with E-state index >= 15 is 4.79 Å². The van der Waals surface area contributed by atoms with Crippen LogP contribution in [0.3, 0.4) is 0 Å². The Morgan fingerprint density at radius 1 is 1.04 bits per heavy atom. The van der Waals surface area contributed by atoms with E-state index in [1.54, 1.807) is 106 Å². The fourth-order valence-electron chi connectivity index (χ4n) is 9.46. The second-order valence-electron chi connectivity index (χ2n) is 16.1. The molecule has 1 saturated heterocycles. The monoisotopic (exact) mass is 762 g/mol. The van der Waals surface area contributed by atoms with Crippen LogP contribution in [0.15, 0.2) is 82.7 Å². The van der Waals surface area contributed by atoms with Crippen LogP contribution in [0.2, 0.25) is 0 Å². The van der Waals surface area contributed by atoms with E-state index in [4.69, 9.17) is 18.9 Å². The van der Waals surface area contributed by atoms with Crippen LogP contribution < -0.4 is 9.30 Å². The van der Waals surface area contributed by atoms with Crippen molar-refractivity contribution in [2.24, 2.45) is 23.8 Å². The number of rotatable bonds is 8. The number of hydrogen-bond acceptors (Lipinski definition) is 12. The average Bonchev–Trinajstić information content (AvgIpc) is 3.69.